The Kier molecular flexibility index (Phi) is 3.67. The number of nitrogens with one attached hydrogen (secondary N) is 1. The van der Waals surface area contributed by atoms with Gasteiger partial charge in [0.1, 0.15) is 5.82 Å². The van der Waals surface area contributed by atoms with Crippen LogP contribution in [-0.4, -0.2) is 11.7 Å². The lowest BCUT2D eigenvalue weighted by Gasteiger charge is -2.17. The topological polar surface area (TPSA) is 46.2 Å². The Balaban J connectivity index is 2.02. The molecule has 21 heavy (non-hydrogen) atoms. The van der Waals surface area contributed by atoms with Gasteiger partial charge in [0.15, 0.2) is 0 Å². The maximum absolute atomic E-state index is 14.2. The van der Waals surface area contributed by atoms with Crippen molar-refractivity contribution >= 4 is 44.6 Å². The first-order valence-electron chi connectivity index (χ1n) is 6.38. The third-order valence-electron chi connectivity index (χ3n) is 3.41. The number of ketones is 1. The van der Waals surface area contributed by atoms with Crippen molar-refractivity contribution < 1.29 is 14.0 Å². The minimum absolute atomic E-state index is 0.0543. The van der Waals surface area contributed by atoms with E-state index in [1.54, 1.807) is 12.1 Å². The number of benzene rings is 1. The minimum Gasteiger partial charge on any atom is -0.326 e. The van der Waals surface area contributed by atoms with E-state index < -0.39 is 5.82 Å². The summed E-state index contributed by atoms with van der Waals surface area (Å²) in [5, 5.41) is 2.62. The van der Waals surface area contributed by atoms with Crippen LogP contribution in [0.4, 0.5) is 10.1 Å². The van der Waals surface area contributed by atoms with E-state index >= 15 is 0 Å². The largest absolute Gasteiger partial charge is 0.326 e. The Bertz CT molecular complexity index is 750. The summed E-state index contributed by atoms with van der Waals surface area (Å²) in [6.07, 6.45) is 0.880. The first-order chi connectivity index (χ1) is 9.95. The van der Waals surface area contributed by atoms with Crippen LogP contribution in [0.1, 0.15) is 32.8 Å². The summed E-state index contributed by atoms with van der Waals surface area (Å²) in [6.45, 7) is 1.89. The van der Waals surface area contributed by atoms with E-state index in [9.17, 15) is 14.0 Å². The summed E-state index contributed by atoms with van der Waals surface area (Å²) in [7, 11) is 0. The molecule has 0 radical (unpaired) electrons. The number of amides is 1. The third-order valence-corrected chi connectivity index (χ3v) is 5.55. The summed E-state index contributed by atoms with van der Waals surface area (Å²) < 4.78 is 15.0. The highest BCUT2D eigenvalue weighted by atomic mass is 79.9. The van der Waals surface area contributed by atoms with Crippen molar-refractivity contribution in [2.45, 2.75) is 19.8 Å². The van der Waals surface area contributed by atoms with Crippen molar-refractivity contribution in [1.29, 1.82) is 0 Å². The Hall–Kier alpha value is -1.53. The van der Waals surface area contributed by atoms with Crippen molar-refractivity contribution in [2.75, 3.05) is 5.32 Å². The normalized spacial score (nSPS) is 13.8. The number of carbonyl (C=O) groups excluding carboxylic acids is 2. The van der Waals surface area contributed by atoms with E-state index in [0.29, 0.717) is 23.4 Å². The SMILES string of the molecule is Cc1cc(C(=O)c2cc3c(cc2F)NC(=O)CC3)sc1Br. The molecule has 2 aromatic rings. The molecule has 0 fully saturated rings. The van der Waals surface area contributed by atoms with Crippen molar-refractivity contribution in [3.05, 3.63) is 49.4 Å². The van der Waals surface area contributed by atoms with E-state index in [1.807, 2.05) is 6.92 Å². The van der Waals surface area contributed by atoms with Gasteiger partial charge in [-0.1, -0.05) is 0 Å². The second-order valence-corrected chi connectivity index (χ2v) is 7.30. The van der Waals surface area contributed by atoms with Crippen LogP contribution in [0.2, 0.25) is 0 Å². The minimum atomic E-state index is -0.608. The molecule has 0 unspecified atom stereocenters. The van der Waals surface area contributed by atoms with E-state index in [-0.39, 0.29) is 17.3 Å². The molecule has 1 aromatic carbocycles. The van der Waals surface area contributed by atoms with E-state index in [0.717, 1.165) is 14.9 Å². The van der Waals surface area contributed by atoms with Gasteiger partial charge in [0.2, 0.25) is 11.7 Å². The molecule has 3 rings (SSSR count). The molecule has 2 heterocycles. The second kappa shape index (κ2) is 5.35. The van der Waals surface area contributed by atoms with Gasteiger partial charge < -0.3 is 5.32 Å². The lowest BCUT2D eigenvalue weighted by molar-refractivity contribution is -0.116. The zero-order valence-electron chi connectivity index (χ0n) is 11.1. The number of aryl methyl sites for hydroxylation is 2. The number of halogens is 2. The standard InChI is InChI=1S/C15H11BrFNO2S/c1-7-4-12(21-15(7)16)14(20)9-5-8-2-3-13(19)18-11(8)6-10(9)17/h4-6H,2-3H2,1H3,(H,18,19). The van der Waals surface area contributed by atoms with Crippen molar-refractivity contribution in [3.8, 4) is 0 Å². The van der Waals surface area contributed by atoms with Crippen molar-refractivity contribution in [2.24, 2.45) is 0 Å². The molecule has 3 nitrogen and oxygen atoms in total. The average molecular weight is 368 g/mol. The van der Waals surface area contributed by atoms with Crippen LogP contribution in [0.3, 0.4) is 0 Å². The van der Waals surface area contributed by atoms with Gasteiger partial charge in [-0.15, -0.1) is 11.3 Å². The molecule has 1 aliphatic rings. The number of anilines is 1. The van der Waals surface area contributed by atoms with E-state index in [4.69, 9.17) is 0 Å². The average Bonchev–Trinajstić information content (AvgIpc) is 2.77. The highest BCUT2D eigenvalue weighted by Gasteiger charge is 2.22. The molecule has 0 bridgehead atoms. The first kappa shape index (κ1) is 14.4. The predicted molar refractivity (Wildman–Crippen MR) is 83.5 cm³/mol. The predicted octanol–water partition coefficient (Wildman–Crippen LogP) is 4.07. The van der Waals surface area contributed by atoms with Gasteiger partial charge in [-0.2, -0.15) is 0 Å². The van der Waals surface area contributed by atoms with Crippen molar-refractivity contribution in [1.82, 2.24) is 0 Å². The van der Waals surface area contributed by atoms with Crippen LogP contribution in [0.5, 0.6) is 0 Å². The molecule has 1 amide bonds. The van der Waals surface area contributed by atoms with Gasteiger partial charge in [0, 0.05) is 12.1 Å². The number of rotatable bonds is 2. The second-order valence-electron chi connectivity index (χ2n) is 4.93. The highest BCUT2D eigenvalue weighted by Crippen LogP contribution is 2.31. The van der Waals surface area contributed by atoms with Gasteiger partial charge >= 0.3 is 0 Å². The number of hydrogen-bond acceptors (Lipinski definition) is 3. The Labute approximate surface area is 133 Å². The van der Waals surface area contributed by atoms with Gasteiger partial charge in [-0.3, -0.25) is 9.59 Å². The molecule has 0 saturated heterocycles. The molecule has 1 aliphatic heterocycles. The van der Waals surface area contributed by atoms with Crippen molar-refractivity contribution in [3.63, 3.8) is 0 Å². The summed E-state index contributed by atoms with van der Waals surface area (Å²) in [5.74, 6) is -1.06. The molecular weight excluding hydrogens is 357 g/mol. The maximum atomic E-state index is 14.2. The van der Waals surface area contributed by atoms with Gasteiger partial charge in [-0.25, -0.2) is 4.39 Å². The van der Waals surface area contributed by atoms with Crippen LogP contribution in [0.25, 0.3) is 0 Å². The summed E-state index contributed by atoms with van der Waals surface area (Å²) >= 11 is 4.66. The molecular formula is C15H11BrFNO2S. The zero-order chi connectivity index (χ0) is 15.1. The summed E-state index contributed by atoms with van der Waals surface area (Å²) in [6, 6.07) is 4.53. The molecule has 108 valence electrons. The highest BCUT2D eigenvalue weighted by molar-refractivity contribution is 9.11. The lowest BCUT2D eigenvalue weighted by Crippen LogP contribution is -2.20. The number of thiophene rings is 1. The zero-order valence-corrected chi connectivity index (χ0v) is 13.5. The Morgan fingerprint density at radius 2 is 2.10 bits per heavy atom. The van der Waals surface area contributed by atoms with Crippen LogP contribution in [0.15, 0.2) is 22.0 Å². The fourth-order valence-electron chi connectivity index (χ4n) is 2.28. The number of carbonyl (C=O) groups is 2. The molecule has 1 N–H and O–H groups in total. The first-order valence-corrected chi connectivity index (χ1v) is 7.99. The van der Waals surface area contributed by atoms with Crippen LogP contribution >= 0.6 is 27.3 Å². The summed E-state index contributed by atoms with van der Waals surface area (Å²) in [5.41, 5.74) is 2.27. The van der Waals surface area contributed by atoms with Gasteiger partial charge in [0.25, 0.3) is 0 Å². The molecule has 0 atom stereocenters. The van der Waals surface area contributed by atoms with E-state index in [2.05, 4.69) is 21.2 Å². The Morgan fingerprint density at radius 3 is 2.76 bits per heavy atom. The molecule has 6 heteroatoms. The summed E-state index contributed by atoms with van der Waals surface area (Å²) in [4.78, 5) is 24.3. The quantitative estimate of drug-likeness (QED) is 0.813. The fourth-order valence-corrected chi connectivity index (χ4v) is 3.77. The number of hydrogen-bond donors (Lipinski definition) is 1. The van der Waals surface area contributed by atoms with Gasteiger partial charge in [0.05, 0.1) is 14.2 Å². The smallest absolute Gasteiger partial charge is 0.224 e. The van der Waals surface area contributed by atoms with Gasteiger partial charge in [-0.05, 0) is 58.6 Å². The molecule has 1 aromatic heterocycles. The van der Waals surface area contributed by atoms with Crippen LogP contribution in [0, 0.1) is 12.7 Å². The Morgan fingerprint density at radius 1 is 1.33 bits per heavy atom. The molecule has 0 spiro atoms. The number of fused-ring (bicyclic) bond motifs is 1. The van der Waals surface area contributed by atoms with Crippen LogP contribution in [-0.2, 0) is 11.2 Å². The molecule has 0 saturated carbocycles. The monoisotopic (exact) mass is 367 g/mol. The lowest BCUT2D eigenvalue weighted by atomic mass is 9.98. The third kappa shape index (κ3) is 2.65. The van der Waals surface area contributed by atoms with Crippen LogP contribution < -0.4 is 5.32 Å². The molecule has 0 aliphatic carbocycles. The maximum Gasteiger partial charge on any atom is 0.224 e. The van der Waals surface area contributed by atoms with E-state index in [1.165, 1.54) is 17.4 Å². The fraction of sp³-hybridized carbons (Fsp3) is 0.200.